The number of halogens is 2. The van der Waals surface area contributed by atoms with Gasteiger partial charge in [0.25, 0.3) is 0 Å². The lowest BCUT2D eigenvalue weighted by atomic mass is 10.1. The fraction of sp³-hybridized carbons (Fsp3) is 0.179. The van der Waals surface area contributed by atoms with E-state index < -0.39 is 5.82 Å². The van der Waals surface area contributed by atoms with Gasteiger partial charge >= 0.3 is 0 Å². The molecule has 3 aromatic heterocycles. The van der Waals surface area contributed by atoms with Crippen molar-refractivity contribution in [3.05, 3.63) is 141 Å². The third-order valence-electron chi connectivity index (χ3n) is 7.98. The summed E-state index contributed by atoms with van der Waals surface area (Å²) in [7, 11) is 0. The second-order valence-corrected chi connectivity index (χ2v) is 11.5. The average Bonchev–Trinajstić information content (AvgIpc) is 3.59. The van der Waals surface area contributed by atoms with Crippen molar-refractivity contribution in [2.75, 3.05) is 26.4 Å². The molecule has 0 aliphatic rings. The molecule has 0 N–H and O–H groups in total. The molecule has 0 saturated carbocycles. The highest BCUT2D eigenvalue weighted by Gasteiger charge is 2.10. The maximum absolute atomic E-state index is 13.6. The van der Waals surface area contributed by atoms with Gasteiger partial charge in [-0.3, -0.25) is 9.59 Å². The van der Waals surface area contributed by atoms with E-state index in [1.165, 1.54) is 30.3 Å². The van der Waals surface area contributed by atoms with Crippen molar-refractivity contribution in [3.8, 4) is 34.1 Å². The maximum Gasteiger partial charge on any atom is 0.193 e. The Morgan fingerprint density at radius 2 is 1.31 bits per heavy atom. The lowest BCUT2D eigenvalue weighted by Gasteiger charge is -2.08. The number of benzene rings is 4. The Kier molecular flexibility index (Phi) is 11.2. The van der Waals surface area contributed by atoms with Gasteiger partial charge in [-0.05, 0) is 61.4 Å². The van der Waals surface area contributed by atoms with Crippen LogP contribution >= 0.6 is 12.4 Å². The van der Waals surface area contributed by atoms with Crippen LogP contribution in [0.5, 0.6) is 11.5 Å². The number of nitrogens with zero attached hydrogens (tertiary/aromatic N) is 3. The number of hydrogen-bond donors (Lipinski definition) is 0. The zero-order valence-electron chi connectivity index (χ0n) is 27.3. The lowest BCUT2D eigenvalue weighted by Crippen LogP contribution is -2.12. The van der Waals surface area contributed by atoms with Gasteiger partial charge in [-0.2, -0.15) is 0 Å². The van der Waals surface area contributed by atoms with Crippen LogP contribution in [0.1, 0.15) is 12.1 Å². The Hall–Kier alpha value is -5.78. The van der Waals surface area contributed by atoms with E-state index in [0.717, 1.165) is 17.7 Å². The zero-order chi connectivity index (χ0) is 34.3. The maximum atomic E-state index is 13.6. The summed E-state index contributed by atoms with van der Waals surface area (Å²) in [6.07, 6.45) is 3.33. The van der Waals surface area contributed by atoms with Crippen LogP contribution in [0.3, 0.4) is 0 Å². The molecule has 0 aliphatic carbocycles. The largest absolute Gasteiger partial charge is 0.494 e. The average molecular weight is 710 g/mol. The second-order valence-electron chi connectivity index (χ2n) is 11.5. The molecule has 260 valence electrons. The van der Waals surface area contributed by atoms with Crippen LogP contribution < -0.4 is 20.3 Å². The summed E-state index contributed by atoms with van der Waals surface area (Å²) in [5.41, 5.74) is 2.71. The molecule has 4 aromatic carbocycles. The van der Waals surface area contributed by atoms with E-state index in [-0.39, 0.29) is 28.8 Å². The first kappa shape index (κ1) is 35.1. The quantitative estimate of drug-likeness (QED) is 0.106. The molecule has 51 heavy (non-hydrogen) atoms. The molecule has 0 bridgehead atoms. The molecule has 0 fully saturated rings. The highest BCUT2D eigenvalue weighted by Crippen LogP contribution is 2.26. The standard InChI is InChI=1S/C39H32FN3O7.ClH/c40-28-10-14-32-34(44)24-37(49-38(32)21-28)27-8-11-30(12-9-27)47-17-4-7-29-25-43(42-41-29)16-18-46-19-20-48-31-13-15-33-35(45)23-36(50-39(33)22-31)26-5-2-1-3-6-26;/h1-3,5-6,8-15,21-25H,4,7,16-20H2;1H. The molecule has 0 saturated heterocycles. The fourth-order valence-electron chi connectivity index (χ4n) is 5.44. The zero-order valence-corrected chi connectivity index (χ0v) is 28.1. The van der Waals surface area contributed by atoms with Gasteiger partial charge in [-0.1, -0.05) is 35.5 Å². The van der Waals surface area contributed by atoms with Crippen molar-refractivity contribution in [3.63, 3.8) is 0 Å². The fourth-order valence-corrected chi connectivity index (χ4v) is 5.44. The minimum absolute atomic E-state index is 0. The smallest absolute Gasteiger partial charge is 0.193 e. The number of aryl methyl sites for hydroxylation is 1. The molecule has 12 heteroatoms. The normalized spacial score (nSPS) is 11.1. The predicted molar refractivity (Wildman–Crippen MR) is 193 cm³/mol. The van der Waals surface area contributed by atoms with Crippen LogP contribution in [-0.4, -0.2) is 41.4 Å². The molecule has 7 aromatic rings. The number of hydrogen-bond acceptors (Lipinski definition) is 9. The van der Waals surface area contributed by atoms with Crippen molar-refractivity contribution < 1.29 is 27.4 Å². The van der Waals surface area contributed by atoms with Crippen LogP contribution in [0.25, 0.3) is 44.6 Å². The van der Waals surface area contributed by atoms with Crippen LogP contribution in [0.4, 0.5) is 4.39 Å². The molecule has 0 unspecified atom stereocenters. The summed E-state index contributed by atoms with van der Waals surface area (Å²) >= 11 is 0. The summed E-state index contributed by atoms with van der Waals surface area (Å²) < 4.78 is 44.5. The number of ether oxygens (including phenoxy) is 3. The van der Waals surface area contributed by atoms with Gasteiger partial charge in [0, 0.05) is 41.6 Å². The third-order valence-corrected chi connectivity index (χ3v) is 7.98. The topological polar surface area (TPSA) is 119 Å². The second kappa shape index (κ2) is 16.3. The van der Waals surface area contributed by atoms with Crippen molar-refractivity contribution in [2.24, 2.45) is 0 Å². The summed E-state index contributed by atoms with van der Waals surface area (Å²) in [6.45, 7) is 2.18. The summed E-state index contributed by atoms with van der Waals surface area (Å²) in [5, 5.41) is 9.25. The molecule has 10 nitrogen and oxygen atoms in total. The van der Waals surface area contributed by atoms with E-state index in [4.69, 9.17) is 23.0 Å². The molecular formula is C39H33ClFN3O7. The molecule has 0 amide bonds. The van der Waals surface area contributed by atoms with Gasteiger partial charge in [0.05, 0.1) is 42.8 Å². The lowest BCUT2D eigenvalue weighted by molar-refractivity contribution is 0.0923. The SMILES string of the molecule is Cl.O=c1cc(-c2ccc(OCCCc3cn(CCOCCOc4ccc5c(=O)cc(-c6ccccc6)oc5c4)nn3)cc2)oc2cc(F)ccc12. The van der Waals surface area contributed by atoms with E-state index in [9.17, 15) is 14.0 Å². The third kappa shape index (κ3) is 8.69. The summed E-state index contributed by atoms with van der Waals surface area (Å²) in [5.74, 6) is 1.67. The molecule has 0 atom stereocenters. The molecule has 3 heterocycles. The van der Waals surface area contributed by atoms with Gasteiger partial charge in [0.15, 0.2) is 10.9 Å². The van der Waals surface area contributed by atoms with Crippen LogP contribution in [-0.2, 0) is 17.7 Å². The van der Waals surface area contributed by atoms with E-state index in [1.807, 2.05) is 36.5 Å². The van der Waals surface area contributed by atoms with E-state index in [2.05, 4.69) is 10.3 Å². The monoisotopic (exact) mass is 709 g/mol. The van der Waals surface area contributed by atoms with Gasteiger partial charge in [-0.25, -0.2) is 9.07 Å². The Bertz CT molecular complexity index is 2360. The van der Waals surface area contributed by atoms with Gasteiger partial charge in [0.2, 0.25) is 0 Å². The van der Waals surface area contributed by atoms with Crippen LogP contribution in [0.2, 0.25) is 0 Å². The first-order chi connectivity index (χ1) is 24.5. The number of aromatic nitrogens is 3. The summed E-state index contributed by atoms with van der Waals surface area (Å²) in [6, 6.07) is 28.6. The van der Waals surface area contributed by atoms with Crippen molar-refractivity contribution in [1.82, 2.24) is 15.0 Å². The Labute approximate surface area is 297 Å². The number of fused-ring (bicyclic) bond motifs is 2. The first-order valence-corrected chi connectivity index (χ1v) is 16.2. The summed E-state index contributed by atoms with van der Waals surface area (Å²) in [4.78, 5) is 25.0. The van der Waals surface area contributed by atoms with E-state index in [1.54, 1.807) is 47.1 Å². The van der Waals surface area contributed by atoms with Crippen LogP contribution in [0.15, 0.2) is 128 Å². The minimum Gasteiger partial charge on any atom is -0.494 e. The van der Waals surface area contributed by atoms with E-state index >= 15 is 0 Å². The Morgan fingerprint density at radius 3 is 2.06 bits per heavy atom. The van der Waals surface area contributed by atoms with Crippen LogP contribution in [0, 0.1) is 5.82 Å². The van der Waals surface area contributed by atoms with Crippen molar-refractivity contribution in [1.29, 1.82) is 0 Å². The minimum atomic E-state index is -0.466. The predicted octanol–water partition coefficient (Wildman–Crippen LogP) is 7.49. The molecular weight excluding hydrogens is 677 g/mol. The Balaban J connectivity index is 0.00000448. The first-order valence-electron chi connectivity index (χ1n) is 16.2. The molecule has 0 radical (unpaired) electrons. The molecule has 7 rings (SSSR count). The van der Waals surface area contributed by atoms with E-state index in [0.29, 0.717) is 84.3 Å². The van der Waals surface area contributed by atoms with Crippen molar-refractivity contribution in [2.45, 2.75) is 19.4 Å². The molecule has 0 spiro atoms. The highest BCUT2D eigenvalue weighted by atomic mass is 35.5. The van der Waals surface area contributed by atoms with Gasteiger partial charge in [-0.15, -0.1) is 17.5 Å². The molecule has 0 aliphatic heterocycles. The highest BCUT2D eigenvalue weighted by molar-refractivity contribution is 5.85. The van der Waals surface area contributed by atoms with Gasteiger partial charge < -0.3 is 23.0 Å². The van der Waals surface area contributed by atoms with Gasteiger partial charge in [0.1, 0.15) is 46.6 Å². The van der Waals surface area contributed by atoms with Crippen molar-refractivity contribution >= 4 is 34.3 Å². The Morgan fingerprint density at radius 1 is 0.667 bits per heavy atom. The number of rotatable bonds is 14.